The zero-order chi connectivity index (χ0) is 32.7. The Morgan fingerprint density at radius 2 is 1.36 bits per heavy atom. The number of aliphatic hydroxyl groups is 1. The lowest BCUT2D eigenvalue weighted by atomic mass is 9.91. The molecule has 0 amide bonds. The van der Waals surface area contributed by atoms with Crippen LogP contribution < -0.4 is 4.74 Å². The molecule has 0 saturated carbocycles. The van der Waals surface area contributed by atoms with Gasteiger partial charge in [0.15, 0.2) is 5.76 Å². The monoisotopic (exact) mass is 667 g/mol. The second-order valence-electron chi connectivity index (χ2n) is 12.5. The third kappa shape index (κ3) is 10.3. The minimum absolute atomic E-state index is 0.0836. The molecular weight excluding hydrogens is 626 g/mol. The maximum absolute atomic E-state index is 14.0. The Labute approximate surface area is 270 Å². The molecule has 4 nitrogen and oxygen atoms in total. The number of aliphatic hydroxyl groups excluding tert-OH is 1. The Kier molecular flexibility index (Phi) is 12.4. The highest BCUT2D eigenvalue weighted by Crippen LogP contribution is 2.42. The van der Waals surface area contributed by atoms with Gasteiger partial charge in [0, 0.05) is 34.6 Å². The summed E-state index contributed by atoms with van der Waals surface area (Å²) in [5, 5.41) is 10.8. The van der Waals surface area contributed by atoms with Gasteiger partial charge in [-0.05, 0) is 84.7 Å². The summed E-state index contributed by atoms with van der Waals surface area (Å²) >= 11 is 12.2. The predicted molar refractivity (Wildman–Crippen MR) is 176 cm³/mol. The average Bonchev–Trinajstić information content (AvgIpc) is 2.94. The lowest BCUT2D eigenvalue weighted by Gasteiger charge is -2.38. The summed E-state index contributed by atoms with van der Waals surface area (Å²) in [7, 11) is -0.759. The first-order chi connectivity index (χ1) is 20.5. The molecule has 0 aliphatic rings. The molecule has 44 heavy (non-hydrogen) atoms. The van der Waals surface area contributed by atoms with Crippen molar-refractivity contribution in [2.24, 2.45) is 0 Å². The fourth-order valence-corrected chi connectivity index (χ4v) is 5.74. The molecule has 3 aromatic carbocycles. The molecule has 240 valence electrons. The summed E-state index contributed by atoms with van der Waals surface area (Å²) in [4.78, 5) is 2.18. The molecule has 0 unspecified atom stereocenters. The standard InChI is InChI=1S/C34H42Cl2F3NO3Si/c1-33(2,3)44(5,6)43-32(34(37,38)39)27(23-41)21-24-7-17-30(18-8-24)42-20-19-40(4)22-31(25-9-13-28(35)14-10-25)26-11-15-29(36)16-12-26/h7-18,31,41H,19-23H2,1-6H3. The number of ether oxygens (including phenoxy) is 1. The van der Waals surface area contributed by atoms with E-state index in [4.69, 9.17) is 32.4 Å². The topological polar surface area (TPSA) is 41.9 Å². The van der Waals surface area contributed by atoms with E-state index >= 15 is 0 Å². The van der Waals surface area contributed by atoms with Crippen LogP contribution in [0.25, 0.3) is 0 Å². The summed E-state index contributed by atoms with van der Waals surface area (Å²) in [5.41, 5.74) is 2.71. The van der Waals surface area contributed by atoms with Crippen molar-refractivity contribution in [1.82, 2.24) is 4.90 Å². The highest BCUT2D eigenvalue weighted by Gasteiger charge is 2.46. The quantitative estimate of drug-likeness (QED) is 0.146. The van der Waals surface area contributed by atoms with Gasteiger partial charge in [-0.25, -0.2) is 0 Å². The molecule has 0 bridgehead atoms. The number of hydrogen-bond acceptors (Lipinski definition) is 4. The molecule has 0 atom stereocenters. The van der Waals surface area contributed by atoms with Crippen molar-refractivity contribution < 1.29 is 27.4 Å². The minimum atomic E-state index is -4.71. The van der Waals surface area contributed by atoms with Crippen molar-refractivity contribution in [2.75, 3.05) is 33.4 Å². The molecule has 0 aromatic heterocycles. The van der Waals surface area contributed by atoms with Crippen molar-refractivity contribution in [1.29, 1.82) is 0 Å². The van der Waals surface area contributed by atoms with Crippen LogP contribution in [0.1, 0.15) is 43.4 Å². The van der Waals surface area contributed by atoms with Crippen LogP contribution >= 0.6 is 23.2 Å². The maximum Gasteiger partial charge on any atom is 0.447 e. The first-order valence-electron chi connectivity index (χ1n) is 14.5. The van der Waals surface area contributed by atoms with Crippen LogP contribution in [0.4, 0.5) is 13.2 Å². The second kappa shape index (κ2) is 15.2. The fraction of sp³-hybridized carbons (Fsp3) is 0.412. The number of hydrogen-bond donors (Lipinski definition) is 1. The number of nitrogens with zero attached hydrogens (tertiary/aromatic N) is 1. The Hall–Kier alpha value is -2.49. The van der Waals surface area contributed by atoms with Gasteiger partial charge in [0.1, 0.15) is 12.4 Å². The van der Waals surface area contributed by atoms with Crippen molar-refractivity contribution in [3.8, 4) is 5.75 Å². The van der Waals surface area contributed by atoms with Gasteiger partial charge in [0.05, 0.1) is 6.61 Å². The SMILES string of the molecule is CN(CCOc1ccc(CC(CO)=C(O[Si](C)(C)C(C)(C)C)C(F)(F)F)cc1)CC(c1ccc(Cl)cc1)c1ccc(Cl)cc1. The van der Waals surface area contributed by atoms with Crippen LogP contribution in [0, 0.1) is 0 Å². The van der Waals surface area contributed by atoms with E-state index in [0.29, 0.717) is 34.5 Å². The number of likely N-dealkylation sites (N-methyl/N-ethyl adjacent to an activating group) is 1. The largest absolute Gasteiger partial charge is 0.540 e. The maximum atomic E-state index is 14.0. The molecule has 0 aliphatic carbocycles. The summed E-state index contributed by atoms with van der Waals surface area (Å²) < 4.78 is 53.8. The molecular formula is C34H42Cl2F3NO3Si. The normalized spacial score (nSPS) is 13.3. The van der Waals surface area contributed by atoms with E-state index in [1.165, 1.54) is 0 Å². The van der Waals surface area contributed by atoms with Gasteiger partial charge < -0.3 is 19.2 Å². The van der Waals surface area contributed by atoms with E-state index in [0.717, 1.165) is 17.7 Å². The molecule has 10 heteroatoms. The third-order valence-electron chi connectivity index (χ3n) is 8.05. The molecule has 1 N–H and O–H groups in total. The zero-order valence-corrected chi connectivity index (χ0v) is 28.7. The number of halogens is 5. The molecule has 3 rings (SSSR count). The van der Waals surface area contributed by atoms with Gasteiger partial charge in [-0.1, -0.05) is 80.4 Å². The molecule has 0 radical (unpaired) electrons. The Balaban J connectivity index is 1.64. The molecule has 0 heterocycles. The van der Waals surface area contributed by atoms with Crippen molar-refractivity contribution in [3.63, 3.8) is 0 Å². The van der Waals surface area contributed by atoms with Gasteiger partial charge >= 0.3 is 6.18 Å². The number of alkyl halides is 3. The van der Waals surface area contributed by atoms with Crippen LogP contribution in [-0.4, -0.2) is 57.9 Å². The first kappa shape index (κ1) is 36.0. The average molecular weight is 669 g/mol. The van der Waals surface area contributed by atoms with E-state index in [9.17, 15) is 18.3 Å². The van der Waals surface area contributed by atoms with Crippen LogP contribution in [0.2, 0.25) is 28.2 Å². The highest BCUT2D eigenvalue weighted by molar-refractivity contribution is 6.74. The number of allylic oxidation sites excluding steroid dienone is 1. The first-order valence-corrected chi connectivity index (χ1v) is 18.2. The van der Waals surface area contributed by atoms with Crippen molar-refractivity contribution >= 4 is 31.5 Å². The van der Waals surface area contributed by atoms with E-state index in [-0.39, 0.29) is 17.9 Å². The van der Waals surface area contributed by atoms with Gasteiger partial charge in [-0.2, -0.15) is 13.2 Å². The van der Waals surface area contributed by atoms with E-state index in [1.54, 1.807) is 37.4 Å². The molecule has 3 aromatic rings. The van der Waals surface area contributed by atoms with Crippen LogP contribution in [-0.2, 0) is 10.8 Å². The smallest absolute Gasteiger partial charge is 0.447 e. The number of rotatable bonds is 13. The van der Waals surface area contributed by atoms with Crippen LogP contribution in [0.5, 0.6) is 5.75 Å². The zero-order valence-electron chi connectivity index (χ0n) is 26.1. The summed E-state index contributed by atoms with van der Waals surface area (Å²) in [6.45, 7) is 10.2. The lowest BCUT2D eigenvalue weighted by Crippen LogP contribution is -2.43. The highest BCUT2D eigenvalue weighted by atomic mass is 35.5. The third-order valence-corrected chi connectivity index (χ3v) is 12.9. The Bertz CT molecular complexity index is 1330. The summed E-state index contributed by atoms with van der Waals surface area (Å²) in [5.74, 6) is -0.368. The van der Waals surface area contributed by atoms with Crippen molar-refractivity contribution in [2.45, 2.75) is 57.4 Å². The predicted octanol–water partition coefficient (Wildman–Crippen LogP) is 9.51. The Morgan fingerprint density at radius 1 is 0.864 bits per heavy atom. The number of benzene rings is 3. The summed E-state index contributed by atoms with van der Waals surface area (Å²) in [6, 6.07) is 22.6. The van der Waals surface area contributed by atoms with E-state index < -0.39 is 31.9 Å². The van der Waals surface area contributed by atoms with Crippen molar-refractivity contribution in [3.05, 3.63) is 111 Å². The minimum Gasteiger partial charge on any atom is -0.540 e. The summed E-state index contributed by atoms with van der Waals surface area (Å²) in [6.07, 6.45) is -4.79. The van der Waals surface area contributed by atoms with Gasteiger partial charge in [0.25, 0.3) is 0 Å². The second-order valence-corrected chi connectivity index (χ2v) is 18.1. The van der Waals surface area contributed by atoms with E-state index in [1.807, 2.05) is 76.3 Å². The van der Waals surface area contributed by atoms with Gasteiger partial charge in [-0.15, -0.1) is 0 Å². The molecule has 0 aliphatic heterocycles. The molecule has 0 spiro atoms. The van der Waals surface area contributed by atoms with E-state index in [2.05, 4.69) is 4.90 Å². The van der Waals surface area contributed by atoms with Gasteiger partial charge in [-0.3, -0.25) is 0 Å². The van der Waals surface area contributed by atoms with Crippen LogP contribution in [0.15, 0.2) is 84.1 Å². The van der Waals surface area contributed by atoms with Crippen LogP contribution in [0.3, 0.4) is 0 Å². The Morgan fingerprint density at radius 3 is 1.80 bits per heavy atom. The van der Waals surface area contributed by atoms with Gasteiger partial charge in [0.2, 0.25) is 8.32 Å². The fourth-order valence-electron chi connectivity index (χ4n) is 4.41. The lowest BCUT2D eigenvalue weighted by molar-refractivity contribution is -0.120. The molecule has 0 saturated heterocycles. The molecule has 0 fully saturated rings.